The molecule has 19 heavy (non-hydrogen) atoms. The van der Waals surface area contributed by atoms with Gasteiger partial charge in [-0.2, -0.15) is 5.10 Å². The summed E-state index contributed by atoms with van der Waals surface area (Å²) in [4.78, 5) is 0. The number of rotatable bonds is 5. The van der Waals surface area contributed by atoms with E-state index in [4.69, 9.17) is 0 Å². The molecule has 0 aliphatic carbocycles. The zero-order chi connectivity index (χ0) is 13.8. The molecule has 0 aliphatic rings. The third kappa shape index (κ3) is 3.24. The SMILES string of the molecule is CCn1nc(C)cc1CC(NC)c1ccc(C)cc1. The Morgan fingerprint density at radius 2 is 1.89 bits per heavy atom. The molecule has 0 bridgehead atoms. The van der Waals surface area contributed by atoms with Gasteiger partial charge in [0.1, 0.15) is 0 Å². The quantitative estimate of drug-likeness (QED) is 0.892. The van der Waals surface area contributed by atoms with Crippen LogP contribution in [0.4, 0.5) is 0 Å². The lowest BCUT2D eigenvalue weighted by Crippen LogP contribution is -2.20. The van der Waals surface area contributed by atoms with Gasteiger partial charge in [-0.05, 0) is 39.4 Å². The van der Waals surface area contributed by atoms with Gasteiger partial charge >= 0.3 is 0 Å². The van der Waals surface area contributed by atoms with E-state index in [1.165, 1.54) is 16.8 Å². The van der Waals surface area contributed by atoms with Crippen LogP contribution >= 0.6 is 0 Å². The first-order valence-electron chi connectivity index (χ1n) is 6.91. The topological polar surface area (TPSA) is 29.9 Å². The van der Waals surface area contributed by atoms with E-state index in [0.717, 1.165) is 18.7 Å². The minimum Gasteiger partial charge on any atom is -0.313 e. The highest BCUT2D eigenvalue weighted by Gasteiger charge is 2.13. The fraction of sp³-hybridized carbons (Fsp3) is 0.438. The average Bonchev–Trinajstić information content (AvgIpc) is 2.77. The number of aryl methyl sites for hydroxylation is 3. The van der Waals surface area contributed by atoms with Gasteiger partial charge in [-0.25, -0.2) is 0 Å². The van der Waals surface area contributed by atoms with Gasteiger partial charge in [0.25, 0.3) is 0 Å². The second-order valence-electron chi connectivity index (χ2n) is 5.05. The molecule has 1 heterocycles. The maximum absolute atomic E-state index is 4.51. The van der Waals surface area contributed by atoms with E-state index in [0.29, 0.717) is 6.04 Å². The summed E-state index contributed by atoms with van der Waals surface area (Å²) in [5.41, 5.74) is 5.01. The molecule has 0 fully saturated rings. The molecule has 0 spiro atoms. The highest BCUT2D eigenvalue weighted by molar-refractivity contribution is 5.25. The van der Waals surface area contributed by atoms with Crippen LogP contribution in [0, 0.1) is 13.8 Å². The number of aromatic nitrogens is 2. The molecule has 102 valence electrons. The Bertz CT molecular complexity index is 525. The molecule has 0 saturated carbocycles. The molecule has 1 N–H and O–H groups in total. The summed E-state index contributed by atoms with van der Waals surface area (Å²) in [6.45, 7) is 7.23. The van der Waals surface area contributed by atoms with E-state index >= 15 is 0 Å². The second-order valence-corrected chi connectivity index (χ2v) is 5.05. The number of nitrogens with one attached hydrogen (secondary N) is 1. The summed E-state index contributed by atoms with van der Waals surface area (Å²) in [7, 11) is 2.02. The van der Waals surface area contributed by atoms with Crippen molar-refractivity contribution in [3.63, 3.8) is 0 Å². The minimum atomic E-state index is 0.335. The lowest BCUT2D eigenvalue weighted by atomic mass is 10.0. The number of nitrogens with zero attached hydrogens (tertiary/aromatic N) is 2. The Morgan fingerprint density at radius 3 is 2.47 bits per heavy atom. The molecule has 1 unspecified atom stereocenters. The molecule has 3 nitrogen and oxygen atoms in total. The van der Waals surface area contributed by atoms with E-state index in [1.54, 1.807) is 0 Å². The standard InChI is InChI=1S/C16H23N3/c1-5-19-15(10-13(3)18-19)11-16(17-4)14-8-6-12(2)7-9-14/h6-10,16-17H,5,11H2,1-4H3. The molecule has 1 aromatic carbocycles. The van der Waals surface area contributed by atoms with Gasteiger partial charge in [-0.3, -0.25) is 4.68 Å². The van der Waals surface area contributed by atoms with E-state index in [9.17, 15) is 0 Å². The Balaban J connectivity index is 2.21. The molecule has 0 saturated heterocycles. The van der Waals surface area contributed by atoms with Crippen LogP contribution in [0.3, 0.4) is 0 Å². The van der Waals surface area contributed by atoms with Crippen molar-refractivity contribution in [1.82, 2.24) is 15.1 Å². The zero-order valence-corrected chi connectivity index (χ0v) is 12.3. The normalized spacial score (nSPS) is 12.6. The fourth-order valence-electron chi connectivity index (χ4n) is 2.43. The number of hydrogen-bond acceptors (Lipinski definition) is 2. The number of likely N-dealkylation sites (N-methyl/N-ethyl adjacent to an activating group) is 1. The summed E-state index contributed by atoms with van der Waals surface area (Å²) in [6.07, 6.45) is 0.967. The van der Waals surface area contributed by atoms with Crippen molar-refractivity contribution in [2.24, 2.45) is 0 Å². The number of benzene rings is 1. The first kappa shape index (κ1) is 13.8. The van der Waals surface area contributed by atoms with Crippen LogP contribution in [-0.4, -0.2) is 16.8 Å². The van der Waals surface area contributed by atoms with E-state index in [-0.39, 0.29) is 0 Å². The van der Waals surface area contributed by atoms with Crippen molar-refractivity contribution in [2.45, 2.75) is 39.8 Å². The van der Waals surface area contributed by atoms with Crippen LogP contribution in [-0.2, 0) is 13.0 Å². The van der Waals surface area contributed by atoms with Crippen LogP contribution < -0.4 is 5.32 Å². The maximum Gasteiger partial charge on any atom is 0.0596 e. The van der Waals surface area contributed by atoms with E-state index in [1.807, 2.05) is 7.05 Å². The molecule has 0 aliphatic heterocycles. The summed E-state index contributed by atoms with van der Waals surface area (Å²) >= 11 is 0. The van der Waals surface area contributed by atoms with Crippen molar-refractivity contribution >= 4 is 0 Å². The third-order valence-electron chi connectivity index (χ3n) is 3.53. The fourth-order valence-corrected chi connectivity index (χ4v) is 2.43. The lowest BCUT2D eigenvalue weighted by molar-refractivity contribution is 0.541. The van der Waals surface area contributed by atoms with Gasteiger partial charge in [0, 0.05) is 24.7 Å². The van der Waals surface area contributed by atoms with Crippen molar-refractivity contribution in [2.75, 3.05) is 7.05 Å². The highest BCUT2D eigenvalue weighted by Crippen LogP contribution is 2.19. The molecule has 0 amide bonds. The average molecular weight is 257 g/mol. The zero-order valence-electron chi connectivity index (χ0n) is 12.3. The first-order valence-corrected chi connectivity index (χ1v) is 6.91. The Labute approximate surface area is 115 Å². The molecule has 2 aromatic rings. The Morgan fingerprint density at radius 1 is 1.21 bits per heavy atom. The van der Waals surface area contributed by atoms with Gasteiger partial charge < -0.3 is 5.32 Å². The Hall–Kier alpha value is -1.61. The lowest BCUT2D eigenvalue weighted by Gasteiger charge is -2.17. The molecule has 2 rings (SSSR count). The first-order chi connectivity index (χ1) is 9.13. The van der Waals surface area contributed by atoms with Gasteiger partial charge in [-0.15, -0.1) is 0 Å². The van der Waals surface area contributed by atoms with Gasteiger partial charge in [-0.1, -0.05) is 29.8 Å². The molecular formula is C16H23N3. The number of hydrogen-bond donors (Lipinski definition) is 1. The molecule has 0 radical (unpaired) electrons. The van der Waals surface area contributed by atoms with Crippen LogP contribution in [0.1, 0.15) is 35.5 Å². The van der Waals surface area contributed by atoms with Crippen LogP contribution in [0.15, 0.2) is 30.3 Å². The molecule has 3 heteroatoms. The second kappa shape index (κ2) is 6.02. The Kier molecular flexibility index (Phi) is 4.38. The summed E-state index contributed by atoms with van der Waals surface area (Å²) < 4.78 is 2.09. The van der Waals surface area contributed by atoms with Crippen LogP contribution in [0.2, 0.25) is 0 Å². The van der Waals surface area contributed by atoms with Gasteiger partial charge in [0.05, 0.1) is 5.69 Å². The molecule has 1 aromatic heterocycles. The molecule has 1 atom stereocenters. The van der Waals surface area contributed by atoms with Crippen LogP contribution in [0.5, 0.6) is 0 Å². The molecular weight excluding hydrogens is 234 g/mol. The maximum atomic E-state index is 4.51. The predicted molar refractivity (Wildman–Crippen MR) is 79.3 cm³/mol. The van der Waals surface area contributed by atoms with Crippen molar-refractivity contribution < 1.29 is 0 Å². The summed E-state index contributed by atoms with van der Waals surface area (Å²) in [6, 6.07) is 11.3. The van der Waals surface area contributed by atoms with Crippen molar-refractivity contribution in [3.05, 3.63) is 52.8 Å². The largest absolute Gasteiger partial charge is 0.313 e. The van der Waals surface area contributed by atoms with E-state index in [2.05, 4.69) is 66.2 Å². The minimum absolute atomic E-state index is 0.335. The van der Waals surface area contributed by atoms with Gasteiger partial charge in [0.2, 0.25) is 0 Å². The summed E-state index contributed by atoms with van der Waals surface area (Å²) in [5, 5.41) is 7.92. The third-order valence-corrected chi connectivity index (χ3v) is 3.53. The summed E-state index contributed by atoms with van der Waals surface area (Å²) in [5.74, 6) is 0. The van der Waals surface area contributed by atoms with Crippen molar-refractivity contribution in [3.8, 4) is 0 Å². The van der Waals surface area contributed by atoms with E-state index < -0.39 is 0 Å². The monoisotopic (exact) mass is 257 g/mol. The van der Waals surface area contributed by atoms with Crippen LogP contribution in [0.25, 0.3) is 0 Å². The highest BCUT2D eigenvalue weighted by atomic mass is 15.3. The smallest absolute Gasteiger partial charge is 0.0596 e. The van der Waals surface area contributed by atoms with Gasteiger partial charge in [0.15, 0.2) is 0 Å². The van der Waals surface area contributed by atoms with Crippen molar-refractivity contribution in [1.29, 1.82) is 0 Å². The predicted octanol–water partition coefficient (Wildman–Crippen LogP) is 3.02.